The van der Waals surface area contributed by atoms with E-state index < -0.39 is 0 Å². The fourth-order valence-electron chi connectivity index (χ4n) is 2.26. The summed E-state index contributed by atoms with van der Waals surface area (Å²) in [6, 6.07) is 7.06. The minimum absolute atomic E-state index is 0.112. The van der Waals surface area contributed by atoms with Crippen LogP contribution in [-0.2, 0) is 17.9 Å². The van der Waals surface area contributed by atoms with Gasteiger partial charge in [-0.1, -0.05) is 29.3 Å². The fraction of sp³-hybridized carbons (Fsp3) is 0.188. The summed E-state index contributed by atoms with van der Waals surface area (Å²) >= 11 is 15.7. The Balaban J connectivity index is 1.65. The molecule has 0 saturated heterocycles. The van der Waals surface area contributed by atoms with Gasteiger partial charge in [-0.3, -0.25) is 14.2 Å². The van der Waals surface area contributed by atoms with E-state index >= 15 is 0 Å². The molecule has 2 aromatic heterocycles. The number of benzene rings is 1. The summed E-state index contributed by atoms with van der Waals surface area (Å²) in [5.74, 6) is 0.247. The van der Waals surface area contributed by atoms with Crippen LogP contribution in [-0.4, -0.2) is 25.5 Å². The maximum absolute atomic E-state index is 12.1. The van der Waals surface area contributed by atoms with Crippen LogP contribution < -0.4 is 5.32 Å². The molecule has 3 aromatic rings. The molecule has 0 saturated carbocycles. The molecule has 0 aliphatic carbocycles. The predicted molar refractivity (Wildman–Crippen MR) is 101 cm³/mol. The molecular weight excluding hydrogens is 429 g/mol. The van der Waals surface area contributed by atoms with Crippen LogP contribution in [0.5, 0.6) is 0 Å². The highest BCUT2D eigenvalue weighted by Crippen LogP contribution is 2.25. The highest BCUT2D eigenvalue weighted by atomic mass is 79.9. The lowest BCUT2D eigenvalue weighted by Crippen LogP contribution is -2.20. The van der Waals surface area contributed by atoms with Crippen molar-refractivity contribution in [2.75, 3.05) is 5.32 Å². The molecule has 0 unspecified atom stereocenters. The number of anilines is 1. The van der Waals surface area contributed by atoms with Crippen molar-refractivity contribution in [1.29, 1.82) is 0 Å². The first-order chi connectivity index (χ1) is 11.9. The zero-order valence-electron chi connectivity index (χ0n) is 13.2. The van der Waals surface area contributed by atoms with E-state index in [0.29, 0.717) is 22.4 Å². The number of carbonyl (C=O) groups excluding carboxylic acids is 1. The Labute approximate surface area is 162 Å². The number of nitrogens with zero attached hydrogens (tertiary/aromatic N) is 4. The molecule has 6 nitrogen and oxygen atoms in total. The summed E-state index contributed by atoms with van der Waals surface area (Å²) in [6.45, 7) is 2.41. The molecule has 0 atom stereocenters. The van der Waals surface area contributed by atoms with Crippen LogP contribution in [0.2, 0.25) is 10.0 Å². The van der Waals surface area contributed by atoms with Gasteiger partial charge < -0.3 is 5.32 Å². The van der Waals surface area contributed by atoms with E-state index in [4.69, 9.17) is 23.2 Å². The standard InChI is InChI=1S/C16H14BrCl2N5O/c1-10-12(17)7-20-24(10)9-16(25)21-15-5-6-23(22-15)8-11-13(18)3-2-4-14(11)19/h2-7H,8-9H2,1H3,(H,21,22,25). The Morgan fingerprint density at radius 3 is 2.64 bits per heavy atom. The number of hydrogen-bond donors (Lipinski definition) is 1. The summed E-state index contributed by atoms with van der Waals surface area (Å²) in [4.78, 5) is 12.1. The summed E-state index contributed by atoms with van der Waals surface area (Å²) in [7, 11) is 0. The SMILES string of the molecule is Cc1c(Br)cnn1CC(=O)Nc1ccn(Cc2c(Cl)cccc2Cl)n1. The van der Waals surface area contributed by atoms with Crippen molar-refractivity contribution in [2.24, 2.45) is 0 Å². The molecule has 25 heavy (non-hydrogen) atoms. The zero-order chi connectivity index (χ0) is 18.0. The molecule has 130 valence electrons. The van der Waals surface area contributed by atoms with Crippen LogP contribution in [0.25, 0.3) is 0 Å². The Morgan fingerprint density at radius 2 is 2.00 bits per heavy atom. The third kappa shape index (κ3) is 4.23. The monoisotopic (exact) mass is 441 g/mol. The minimum atomic E-state index is -0.209. The number of carbonyl (C=O) groups is 1. The van der Waals surface area contributed by atoms with Crippen molar-refractivity contribution >= 4 is 50.9 Å². The Morgan fingerprint density at radius 1 is 1.28 bits per heavy atom. The van der Waals surface area contributed by atoms with Crippen LogP contribution in [0.1, 0.15) is 11.3 Å². The van der Waals surface area contributed by atoms with Gasteiger partial charge in [0.25, 0.3) is 0 Å². The van der Waals surface area contributed by atoms with Gasteiger partial charge in [-0.25, -0.2) is 0 Å². The molecular formula is C16H14BrCl2N5O. The van der Waals surface area contributed by atoms with Crippen LogP contribution in [0.3, 0.4) is 0 Å². The topological polar surface area (TPSA) is 64.7 Å². The molecule has 3 rings (SSSR count). The van der Waals surface area contributed by atoms with Gasteiger partial charge in [0.15, 0.2) is 5.82 Å². The van der Waals surface area contributed by atoms with Crippen molar-refractivity contribution < 1.29 is 4.79 Å². The van der Waals surface area contributed by atoms with E-state index in [-0.39, 0.29) is 12.5 Å². The molecule has 1 N–H and O–H groups in total. The van der Waals surface area contributed by atoms with Crippen molar-refractivity contribution in [3.63, 3.8) is 0 Å². The number of rotatable bonds is 5. The molecule has 9 heteroatoms. The maximum atomic E-state index is 12.1. The van der Waals surface area contributed by atoms with Crippen LogP contribution in [0.15, 0.2) is 41.1 Å². The molecule has 0 spiro atoms. The lowest BCUT2D eigenvalue weighted by molar-refractivity contribution is -0.117. The first-order valence-corrected chi connectivity index (χ1v) is 8.93. The van der Waals surface area contributed by atoms with Crippen LogP contribution in [0.4, 0.5) is 5.82 Å². The third-order valence-electron chi connectivity index (χ3n) is 3.63. The number of nitrogens with one attached hydrogen (secondary N) is 1. The predicted octanol–water partition coefficient (Wildman–Crippen LogP) is 4.14. The zero-order valence-corrected chi connectivity index (χ0v) is 16.3. The van der Waals surface area contributed by atoms with Gasteiger partial charge in [0.1, 0.15) is 6.54 Å². The van der Waals surface area contributed by atoms with Gasteiger partial charge in [0, 0.05) is 27.9 Å². The normalized spacial score (nSPS) is 10.9. The number of halogens is 3. The first-order valence-electron chi connectivity index (χ1n) is 7.38. The Bertz CT molecular complexity index is 901. The second-order valence-corrected chi connectivity index (χ2v) is 7.05. The summed E-state index contributed by atoms with van der Waals surface area (Å²) in [5, 5.41) is 12.4. The number of aromatic nitrogens is 4. The van der Waals surface area contributed by atoms with E-state index in [1.807, 2.05) is 6.92 Å². The van der Waals surface area contributed by atoms with E-state index in [1.54, 1.807) is 46.0 Å². The lowest BCUT2D eigenvalue weighted by atomic mass is 10.2. The minimum Gasteiger partial charge on any atom is -0.308 e. The molecule has 1 aromatic carbocycles. The van der Waals surface area contributed by atoms with Crippen molar-refractivity contribution in [3.05, 3.63) is 62.4 Å². The highest BCUT2D eigenvalue weighted by Gasteiger charge is 2.11. The molecule has 1 amide bonds. The average molecular weight is 443 g/mol. The fourth-order valence-corrected chi connectivity index (χ4v) is 3.08. The van der Waals surface area contributed by atoms with Crippen LogP contribution in [0, 0.1) is 6.92 Å². The molecule has 2 heterocycles. The van der Waals surface area contributed by atoms with Gasteiger partial charge in [0.2, 0.25) is 5.91 Å². The second-order valence-electron chi connectivity index (χ2n) is 5.38. The van der Waals surface area contributed by atoms with Crippen molar-refractivity contribution in [2.45, 2.75) is 20.0 Å². The van der Waals surface area contributed by atoms with Gasteiger partial charge in [0.05, 0.1) is 22.9 Å². The maximum Gasteiger partial charge on any atom is 0.247 e. The Hall–Kier alpha value is -1.83. The Kier molecular flexibility index (Phi) is 5.46. The number of hydrogen-bond acceptors (Lipinski definition) is 3. The largest absolute Gasteiger partial charge is 0.308 e. The van der Waals surface area contributed by atoms with E-state index in [9.17, 15) is 4.79 Å². The van der Waals surface area contributed by atoms with Gasteiger partial charge in [-0.2, -0.15) is 10.2 Å². The third-order valence-corrected chi connectivity index (χ3v) is 5.11. The summed E-state index contributed by atoms with van der Waals surface area (Å²) < 4.78 is 4.14. The molecule has 0 aliphatic rings. The molecule has 0 radical (unpaired) electrons. The van der Waals surface area contributed by atoms with Crippen LogP contribution >= 0.6 is 39.1 Å². The smallest absolute Gasteiger partial charge is 0.247 e. The summed E-state index contributed by atoms with van der Waals surface area (Å²) in [6.07, 6.45) is 3.41. The van der Waals surface area contributed by atoms with Crippen molar-refractivity contribution in [3.8, 4) is 0 Å². The van der Waals surface area contributed by atoms with Gasteiger partial charge in [-0.05, 0) is 35.0 Å². The highest BCUT2D eigenvalue weighted by molar-refractivity contribution is 9.10. The summed E-state index contributed by atoms with van der Waals surface area (Å²) in [5.41, 5.74) is 1.66. The number of amides is 1. The quantitative estimate of drug-likeness (QED) is 0.645. The van der Waals surface area contributed by atoms with E-state index in [1.165, 1.54) is 0 Å². The first kappa shape index (κ1) is 18.0. The molecule has 0 bridgehead atoms. The van der Waals surface area contributed by atoms with Gasteiger partial charge in [-0.15, -0.1) is 0 Å². The molecule has 0 fully saturated rings. The molecule has 0 aliphatic heterocycles. The van der Waals surface area contributed by atoms with E-state index in [0.717, 1.165) is 15.7 Å². The van der Waals surface area contributed by atoms with Crippen molar-refractivity contribution in [1.82, 2.24) is 19.6 Å². The lowest BCUT2D eigenvalue weighted by Gasteiger charge is -2.07. The second kappa shape index (κ2) is 7.59. The van der Waals surface area contributed by atoms with Gasteiger partial charge >= 0.3 is 0 Å². The van der Waals surface area contributed by atoms with E-state index in [2.05, 4.69) is 31.4 Å². The average Bonchev–Trinajstić information content (AvgIpc) is 3.12.